The highest BCUT2D eigenvalue weighted by Gasteiger charge is 2.38. The number of carboxylic acid groups (broad SMARTS) is 1. The van der Waals surface area contributed by atoms with Crippen LogP contribution in [0.2, 0.25) is 0 Å². The summed E-state index contributed by atoms with van der Waals surface area (Å²) in [5.41, 5.74) is -0.759. The second-order valence-corrected chi connectivity index (χ2v) is 7.20. The summed E-state index contributed by atoms with van der Waals surface area (Å²) in [7, 11) is 4.36. The summed E-state index contributed by atoms with van der Waals surface area (Å²) in [5.74, 6) is -0.713. The molecule has 0 amide bonds. The van der Waals surface area contributed by atoms with Crippen LogP contribution in [-0.4, -0.2) is 72.2 Å². The van der Waals surface area contributed by atoms with Crippen LogP contribution < -0.4 is 5.32 Å². The van der Waals surface area contributed by atoms with E-state index >= 15 is 0 Å². The summed E-state index contributed by atoms with van der Waals surface area (Å²) < 4.78 is 0. The molecule has 1 saturated heterocycles. The van der Waals surface area contributed by atoms with Crippen molar-refractivity contribution in [1.29, 1.82) is 0 Å². The maximum absolute atomic E-state index is 11.5. The molecule has 0 bridgehead atoms. The van der Waals surface area contributed by atoms with Gasteiger partial charge in [0.15, 0.2) is 0 Å². The van der Waals surface area contributed by atoms with E-state index in [1.165, 1.54) is 19.4 Å². The lowest BCUT2D eigenvalue weighted by Gasteiger charge is -2.36. The van der Waals surface area contributed by atoms with Crippen molar-refractivity contribution in [1.82, 2.24) is 15.1 Å². The smallest absolute Gasteiger partial charge is 0.323 e. The van der Waals surface area contributed by atoms with Crippen LogP contribution in [0.5, 0.6) is 0 Å². The number of piperidine rings is 1. The summed E-state index contributed by atoms with van der Waals surface area (Å²) in [6.45, 7) is 5.15. The lowest BCUT2D eigenvalue weighted by molar-refractivity contribution is -0.144. The molecular weight excluding hydrogens is 266 g/mol. The van der Waals surface area contributed by atoms with E-state index in [1.54, 1.807) is 0 Å². The van der Waals surface area contributed by atoms with Crippen molar-refractivity contribution in [2.24, 2.45) is 0 Å². The Balaban J connectivity index is 1.74. The van der Waals surface area contributed by atoms with Crippen molar-refractivity contribution >= 4 is 5.97 Å². The van der Waals surface area contributed by atoms with Gasteiger partial charge >= 0.3 is 5.97 Å². The van der Waals surface area contributed by atoms with Gasteiger partial charge in [-0.2, -0.15) is 0 Å². The third kappa shape index (κ3) is 4.94. The molecule has 122 valence electrons. The van der Waals surface area contributed by atoms with Gasteiger partial charge in [0.2, 0.25) is 0 Å². The van der Waals surface area contributed by atoms with Gasteiger partial charge in [0.05, 0.1) is 0 Å². The summed E-state index contributed by atoms with van der Waals surface area (Å²) in [5, 5.41) is 12.8. The van der Waals surface area contributed by atoms with Crippen molar-refractivity contribution in [2.45, 2.75) is 63.1 Å². The number of likely N-dealkylation sites (tertiary alicyclic amines) is 1. The molecule has 1 heterocycles. The number of hydrogen-bond donors (Lipinski definition) is 2. The minimum absolute atomic E-state index is 0.427. The fourth-order valence-electron chi connectivity index (χ4n) is 3.28. The van der Waals surface area contributed by atoms with E-state index < -0.39 is 11.5 Å². The first-order chi connectivity index (χ1) is 9.90. The second-order valence-electron chi connectivity index (χ2n) is 7.20. The van der Waals surface area contributed by atoms with Crippen LogP contribution in [0.1, 0.15) is 45.4 Å². The Kier molecular flexibility index (Phi) is 5.63. The molecule has 1 aliphatic heterocycles. The molecule has 5 nitrogen and oxygen atoms in total. The van der Waals surface area contributed by atoms with Gasteiger partial charge in [-0.1, -0.05) is 0 Å². The highest BCUT2D eigenvalue weighted by atomic mass is 16.4. The van der Waals surface area contributed by atoms with Crippen LogP contribution in [0.4, 0.5) is 0 Å². The van der Waals surface area contributed by atoms with E-state index in [0.29, 0.717) is 18.5 Å². The van der Waals surface area contributed by atoms with E-state index in [2.05, 4.69) is 29.2 Å². The number of nitrogens with one attached hydrogen (secondary N) is 1. The summed E-state index contributed by atoms with van der Waals surface area (Å²) in [6.07, 6.45) is 6.40. The highest BCUT2D eigenvalue weighted by molar-refractivity contribution is 5.78. The van der Waals surface area contributed by atoms with Crippen molar-refractivity contribution in [2.75, 3.05) is 33.7 Å². The fraction of sp³-hybridized carbons (Fsp3) is 0.938. The van der Waals surface area contributed by atoms with Crippen molar-refractivity contribution in [3.8, 4) is 0 Å². The topological polar surface area (TPSA) is 55.8 Å². The molecule has 5 heteroatoms. The van der Waals surface area contributed by atoms with E-state index in [4.69, 9.17) is 0 Å². The Morgan fingerprint density at radius 1 is 1.43 bits per heavy atom. The fourth-order valence-corrected chi connectivity index (χ4v) is 3.28. The van der Waals surface area contributed by atoms with Gasteiger partial charge in [-0.15, -0.1) is 0 Å². The van der Waals surface area contributed by atoms with Gasteiger partial charge < -0.3 is 14.9 Å². The average Bonchev–Trinajstić information content (AvgIpc) is 3.22. The third-order valence-electron chi connectivity index (χ3n) is 4.98. The van der Waals surface area contributed by atoms with Gasteiger partial charge in [-0.25, -0.2) is 0 Å². The predicted octanol–water partition coefficient (Wildman–Crippen LogP) is 1.39. The maximum atomic E-state index is 11.5. The lowest BCUT2D eigenvalue weighted by atomic mass is 9.95. The Hall–Kier alpha value is -0.650. The number of aliphatic carboxylic acids is 1. The maximum Gasteiger partial charge on any atom is 0.323 e. The molecule has 21 heavy (non-hydrogen) atoms. The first-order valence-electron chi connectivity index (χ1n) is 8.30. The van der Waals surface area contributed by atoms with Gasteiger partial charge in [0.25, 0.3) is 0 Å². The van der Waals surface area contributed by atoms with Crippen molar-refractivity contribution in [3.05, 3.63) is 0 Å². The molecule has 1 saturated carbocycles. The molecule has 2 N–H and O–H groups in total. The number of carbonyl (C=O) groups is 1. The molecule has 2 atom stereocenters. The normalized spacial score (nSPS) is 26.8. The molecule has 0 aromatic carbocycles. The first-order valence-corrected chi connectivity index (χ1v) is 8.30. The zero-order valence-corrected chi connectivity index (χ0v) is 13.8. The Bertz CT molecular complexity index is 359. The summed E-state index contributed by atoms with van der Waals surface area (Å²) >= 11 is 0. The van der Waals surface area contributed by atoms with Crippen molar-refractivity contribution in [3.63, 3.8) is 0 Å². The van der Waals surface area contributed by atoms with Crippen LogP contribution in [0.3, 0.4) is 0 Å². The molecular formula is C16H31N3O2. The number of rotatable bonds is 8. The van der Waals surface area contributed by atoms with Crippen LogP contribution in [-0.2, 0) is 4.79 Å². The lowest BCUT2D eigenvalue weighted by Crippen LogP contribution is -2.51. The van der Waals surface area contributed by atoms with Crippen LogP contribution in [0.15, 0.2) is 0 Å². The Morgan fingerprint density at radius 3 is 2.71 bits per heavy atom. The minimum Gasteiger partial charge on any atom is -0.480 e. The molecule has 2 aliphatic rings. The van der Waals surface area contributed by atoms with Crippen LogP contribution in [0.25, 0.3) is 0 Å². The SMILES string of the molecule is CN1CCCC(N(C)CCCC(C)(NC2CC2)C(=O)O)C1. The van der Waals surface area contributed by atoms with E-state index in [0.717, 1.165) is 32.4 Å². The molecule has 2 unspecified atom stereocenters. The summed E-state index contributed by atoms with van der Waals surface area (Å²) in [6, 6.07) is 1.05. The second kappa shape index (κ2) is 7.07. The molecule has 0 radical (unpaired) electrons. The third-order valence-corrected chi connectivity index (χ3v) is 4.98. The molecule has 2 rings (SSSR count). The first kappa shape index (κ1) is 16.7. The monoisotopic (exact) mass is 297 g/mol. The van der Waals surface area contributed by atoms with Crippen LogP contribution >= 0.6 is 0 Å². The minimum atomic E-state index is -0.759. The molecule has 1 aliphatic carbocycles. The predicted molar refractivity (Wildman–Crippen MR) is 84.6 cm³/mol. The molecule has 0 aromatic heterocycles. The Morgan fingerprint density at radius 2 is 2.14 bits per heavy atom. The summed E-state index contributed by atoms with van der Waals surface area (Å²) in [4.78, 5) is 16.3. The number of carboxylic acids is 1. The number of nitrogens with zero attached hydrogens (tertiary/aromatic N) is 2. The number of likely N-dealkylation sites (N-methyl/N-ethyl adjacent to an activating group) is 2. The zero-order valence-electron chi connectivity index (χ0n) is 13.8. The van der Waals surface area contributed by atoms with Gasteiger partial charge in [0, 0.05) is 18.6 Å². The van der Waals surface area contributed by atoms with E-state index in [9.17, 15) is 9.90 Å². The van der Waals surface area contributed by atoms with E-state index in [1.807, 2.05) is 6.92 Å². The molecule has 0 spiro atoms. The molecule has 2 fully saturated rings. The quantitative estimate of drug-likeness (QED) is 0.709. The zero-order chi connectivity index (χ0) is 15.5. The number of hydrogen-bond acceptors (Lipinski definition) is 4. The van der Waals surface area contributed by atoms with Gasteiger partial charge in [-0.3, -0.25) is 10.1 Å². The van der Waals surface area contributed by atoms with Crippen LogP contribution in [0, 0.1) is 0 Å². The highest BCUT2D eigenvalue weighted by Crippen LogP contribution is 2.25. The largest absolute Gasteiger partial charge is 0.480 e. The molecule has 0 aromatic rings. The standard InChI is InChI=1S/C16H31N3O2/c1-16(15(20)21,17-13-7-8-13)9-5-11-19(3)14-6-4-10-18(2)12-14/h13-14,17H,4-12H2,1-3H3,(H,20,21). The Labute approximate surface area is 128 Å². The average molecular weight is 297 g/mol. The van der Waals surface area contributed by atoms with Gasteiger partial charge in [-0.05, 0) is 72.6 Å². The van der Waals surface area contributed by atoms with Gasteiger partial charge in [0.1, 0.15) is 5.54 Å². The van der Waals surface area contributed by atoms with Crippen molar-refractivity contribution < 1.29 is 9.90 Å². The van der Waals surface area contributed by atoms with E-state index in [-0.39, 0.29) is 0 Å².